The van der Waals surface area contributed by atoms with Crippen LogP contribution in [0.4, 0.5) is 0 Å². The lowest BCUT2D eigenvalue weighted by Gasteiger charge is -2.26. The molecule has 2 aliphatic rings. The first-order valence-corrected chi connectivity index (χ1v) is 10.2. The van der Waals surface area contributed by atoms with E-state index in [-0.39, 0.29) is 24.1 Å². The van der Waals surface area contributed by atoms with E-state index in [1.54, 1.807) is 0 Å². The Balaban J connectivity index is 1.88. The molecule has 2 rings (SSSR count). The van der Waals surface area contributed by atoms with Crippen LogP contribution in [0.1, 0.15) is 89.9 Å². The quantitative estimate of drug-likeness (QED) is 0.251. The average molecular weight is 350 g/mol. The highest BCUT2D eigenvalue weighted by molar-refractivity contribution is 5.95. The largest absolute Gasteiger partial charge is 0.462 e. The van der Waals surface area contributed by atoms with Gasteiger partial charge in [-0.15, -0.1) is 6.58 Å². The molecule has 0 bridgehead atoms. The summed E-state index contributed by atoms with van der Waals surface area (Å²) in [6.07, 6.45) is 15.6. The van der Waals surface area contributed by atoms with Gasteiger partial charge in [-0.1, -0.05) is 25.3 Å². The van der Waals surface area contributed by atoms with Crippen molar-refractivity contribution >= 4 is 11.9 Å². The van der Waals surface area contributed by atoms with Crippen LogP contribution >= 0.6 is 0 Å². The Bertz CT molecular complexity index is 388. The maximum Gasteiger partial charge on any atom is 0.320 e. The molecule has 2 saturated carbocycles. The molecule has 0 aliphatic heterocycles. The van der Waals surface area contributed by atoms with Crippen LogP contribution in [0, 0.1) is 5.92 Å². The molecular formula is C21H34O4. The number of allylic oxidation sites excluding steroid dienone is 1. The number of rotatable bonds is 9. The highest BCUT2D eigenvalue weighted by Crippen LogP contribution is 2.25. The highest BCUT2D eigenvalue weighted by Gasteiger charge is 2.33. The third-order valence-electron chi connectivity index (χ3n) is 5.39. The van der Waals surface area contributed by atoms with Gasteiger partial charge >= 0.3 is 11.9 Å². The molecule has 142 valence electrons. The second-order valence-corrected chi connectivity index (χ2v) is 7.52. The highest BCUT2D eigenvalue weighted by atomic mass is 16.6. The SMILES string of the molecule is C=CCCCCC(C(=O)OC1CCCCC1)C(=O)OC1CCCCC1. The van der Waals surface area contributed by atoms with E-state index < -0.39 is 5.92 Å². The molecule has 4 nitrogen and oxygen atoms in total. The smallest absolute Gasteiger partial charge is 0.320 e. The van der Waals surface area contributed by atoms with Gasteiger partial charge in [0.1, 0.15) is 12.2 Å². The van der Waals surface area contributed by atoms with Gasteiger partial charge in [-0.2, -0.15) is 0 Å². The fraction of sp³-hybridized carbons (Fsp3) is 0.810. The molecule has 0 amide bonds. The molecule has 0 unspecified atom stereocenters. The van der Waals surface area contributed by atoms with Crippen LogP contribution in [0.15, 0.2) is 12.7 Å². The number of carbonyl (C=O) groups is 2. The lowest BCUT2D eigenvalue weighted by Crippen LogP contribution is -2.34. The maximum absolute atomic E-state index is 12.6. The summed E-state index contributed by atoms with van der Waals surface area (Å²) in [6, 6.07) is 0. The van der Waals surface area contributed by atoms with E-state index in [2.05, 4.69) is 6.58 Å². The summed E-state index contributed by atoms with van der Waals surface area (Å²) in [7, 11) is 0. The molecule has 0 atom stereocenters. The van der Waals surface area contributed by atoms with Crippen LogP contribution in [0.25, 0.3) is 0 Å². The lowest BCUT2D eigenvalue weighted by atomic mass is 9.96. The third-order valence-corrected chi connectivity index (χ3v) is 5.39. The number of hydrogen-bond donors (Lipinski definition) is 0. The van der Waals surface area contributed by atoms with Crippen molar-refractivity contribution in [2.75, 3.05) is 0 Å². The molecule has 0 aromatic carbocycles. The van der Waals surface area contributed by atoms with Crippen molar-refractivity contribution in [3.63, 3.8) is 0 Å². The van der Waals surface area contributed by atoms with E-state index in [0.29, 0.717) is 6.42 Å². The topological polar surface area (TPSA) is 52.6 Å². The van der Waals surface area contributed by atoms with E-state index in [4.69, 9.17) is 9.47 Å². The minimum Gasteiger partial charge on any atom is -0.462 e. The summed E-state index contributed by atoms with van der Waals surface area (Å²) in [6.45, 7) is 3.72. The zero-order valence-corrected chi connectivity index (χ0v) is 15.5. The van der Waals surface area contributed by atoms with Crippen LogP contribution in [-0.4, -0.2) is 24.1 Å². The second-order valence-electron chi connectivity index (χ2n) is 7.52. The van der Waals surface area contributed by atoms with E-state index in [9.17, 15) is 9.59 Å². The Hall–Kier alpha value is -1.32. The molecule has 4 heteroatoms. The number of hydrogen-bond acceptors (Lipinski definition) is 4. The van der Waals surface area contributed by atoms with Crippen LogP contribution in [0.5, 0.6) is 0 Å². The molecule has 0 heterocycles. The zero-order chi connectivity index (χ0) is 17.9. The first-order chi connectivity index (χ1) is 12.2. The number of unbranched alkanes of at least 4 members (excludes halogenated alkanes) is 2. The Morgan fingerprint density at radius 1 is 0.840 bits per heavy atom. The fourth-order valence-electron chi connectivity index (χ4n) is 3.83. The molecule has 25 heavy (non-hydrogen) atoms. The Labute approximate surface area is 152 Å². The Morgan fingerprint density at radius 2 is 1.32 bits per heavy atom. The Kier molecular flexibility index (Phi) is 9.06. The molecule has 2 aliphatic carbocycles. The van der Waals surface area contributed by atoms with Crippen LogP contribution < -0.4 is 0 Å². The van der Waals surface area contributed by atoms with Crippen molar-refractivity contribution in [1.82, 2.24) is 0 Å². The van der Waals surface area contributed by atoms with Crippen LogP contribution in [-0.2, 0) is 19.1 Å². The first-order valence-electron chi connectivity index (χ1n) is 10.2. The third kappa shape index (κ3) is 7.21. The molecule has 0 aromatic rings. The predicted octanol–water partition coefficient (Wildman–Crippen LogP) is 5.10. The van der Waals surface area contributed by atoms with E-state index in [1.807, 2.05) is 6.08 Å². The molecule has 0 aromatic heterocycles. The van der Waals surface area contributed by atoms with Crippen molar-refractivity contribution < 1.29 is 19.1 Å². The summed E-state index contributed by atoms with van der Waals surface area (Å²) < 4.78 is 11.3. The van der Waals surface area contributed by atoms with E-state index >= 15 is 0 Å². The van der Waals surface area contributed by atoms with Gasteiger partial charge < -0.3 is 9.47 Å². The fourth-order valence-corrected chi connectivity index (χ4v) is 3.83. The summed E-state index contributed by atoms with van der Waals surface area (Å²) in [5, 5.41) is 0. The zero-order valence-electron chi connectivity index (χ0n) is 15.5. The average Bonchev–Trinajstić information content (AvgIpc) is 2.63. The summed E-state index contributed by atoms with van der Waals surface area (Å²) >= 11 is 0. The minimum atomic E-state index is -0.756. The molecule has 0 spiro atoms. The van der Waals surface area contributed by atoms with Gasteiger partial charge in [0, 0.05) is 0 Å². The van der Waals surface area contributed by atoms with Gasteiger partial charge in [0.2, 0.25) is 0 Å². The van der Waals surface area contributed by atoms with Gasteiger partial charge in [0.05, 0.1) is 0 Å². The normalized spacial score (nSPS) is 19.6. The van der Waals surface area contributed by atoms with Gasteiger partial charge in [-0.25, -0.2) is 0 Å². The molecule has 0 N–H and O–H groups in total. The molecular weight excluding hydrogens is 316 g/mol. The van der Waals surface area contributed by atoms with Crippen molar-refractivity contribution in [2.45, 2.75) is 102 Å². The first kappa shape index (κ1) is 20.0. The standard InChI is InChI=1S/C21H34O4/c1-2-3-4-11-16-19(20(22)24-17-12-7-5-8-13-17)21(23)25-18-14-9-6-10-15-18/h2,17-19H,1,3-16H2. The van der Waals surface area contributed by atoms with E-state index in [0.717, 1.165) is 70.6 Å². The lowest BCUT2D eigenvalue weighted by molar-refractivity contribution is -0.170. The van der Waals surface area contributed by atoms with E-state index in [1.165, 1.54) is 12.8 Å². The summed E-state index contributed by atoms with van der Waals surface area (Å²) in [4.78, 5) is 25.2. The summed E-state index contributed by atoms with van der Waals surface area (Å²) in [5.74, 6) is -1.49. The van der Waals surface area contributed by atoms with Crippen molar-refractivity contribution in [1.29, 1.82) is 0 Å². The number of esters is 2. The monoisotopic (exact) mass is 350 g/mol. The Morgan fingerprint density at radius 3 is 1.76 bits per heavy atom. The molecule has 0 saturated heterocycles. The van der Waals surface area contributed by atoms with Crippen molar-refractivity contribution in [2.24, 2.45) is 5.92 Å². The predicted molar refractivity (Wildman–Crippen MR) is 98.1 cm³/mol. The van der Waals surface area contributed by atoms with Gasteiger partial charge in [0.15, 0.2) is 5.92 Å². The maximum atomic E-state index is 12.6. The van der Waals surface area contributed by atoms with Crippen molar-refractivity contribution in [3.8, 4) is 0 Å². The number of carbonyl (C=O) groups excluding carboxylic acids is 2. The van der Waals surface area contributed by atoms with Crippen molar-refractivity contribution in [3.05, 3.63) is 12.7 Å². The van der Waals surface area contributed by atoms with Gasteiger partial charge in [-0.05, 0) is 70.6 Å². The van der Waals surface area contributed by atoms with Crippen LogP contribution in [0.2, 0.25) is 0 Å². The minimum absolute atomic E-state index is 0.0144. The van der Waals surface area contributed by atoms with Gasteiger partial charge in [0.25, 0.3) is 0 Å². The van der Waals surface area contributed by atoms with Crippen LogP contribution in [0.3, 0.4) is 0 Å². The van der Waals surface area contributed by atoms with Gasteiger partial charge in [-0.3, -0.25) is 9.59 Å². The molecule has 2 fully saturated rings. The number of ether oxygens (including phenoxy) is 2. The second kappa shape index (κ2) is 11.3. The molecule has 0 radical (unpaired) electrons. The summed E-state index contributed by atoms with van der Waals surface area (Å²) in [5.41, 5.74) is 0.